The van der Waals surface area contributed by atoms with Crippen molar-refractivity contribution in [3.05, 3.63) is 170 Å². The van der Waals surface area contributed by atoms with E-state index in [2.05, 4.69) is 97.1 Å². The average Bonchev–Trinajstić information content (AvgIpc) is 4.02. The molecule has 7 heteroatoms. The molecule has 0 saturated heterocycles. The number of hydrogen-bond donors (Lipinski definition) is 0. The lowest BCUT2D eigenvalue weighted by Gasteiger charge is -2.10. The van der Waals surface area contributed by atoms with E-state index in [0.717, 1.165) is 98.6 Å². The fourth-order valence-electron chi connectivity index (χ4n) is 8.65. The lowest BCUT2D eigenvalue weighted by Crippen LogP contribution is -2.00. The van der Waals surface area contributed by atoms with Gasteiger partial charge in [-0.2, -0.15) is 0 Å². The first kappa shape index (κ1) is 32.0. The Labute approximate surface area is 334 Å². The van der Waals surface area contributed by atoms with Crippen LogP contribution in [-0.4, -0.2) is 19.9 Å². The minimum absolute atomic E-state index is 0.527. The number of para-hydroxylation sites is 2. The molecule has 13 rings (SSSR count). The predicted octanol–water partition coefficient (Wildman–Crippen LogP) is 13.9. The number of fused-ring (bicyclic) bond motifs is 12. The van der Waals surface area contributed by atoms with E-state index in [1.807, 2.05) is 72.8 Å². The second kappa shape index (κ2) is 12.2. The summed E-state index contributed by atoms with van der Waals surface area (Å²) < 4.78 is 19.6. The number of hydrogen-bond acceptors (Lipinski definition) is 7. The van der Waals surface area contributed by atoms with Crippen LogP contribution in [0.2, 0.25) is 0 Å². The van der Waals surface area contributed by atoms with Gasteiger partial charge in [-0.25, -0.2) is 19.9 Å². The monoisotopic (exact) mass is 756 g/mol. The first-order valence-electron chi connectivity index (χ1n) is 19.5. The summed E-state index contributed by atoms with van der Waals surface area (Å²) in [6, 6.07) is 57.8. The zero-order chi connectivity index (χ0) is 38.6. The minimum Gasteiger partial charge on any atom is -0.456 e. The van der Waals surface area contributed by atoms with E-state index in [1.54, 1.807) is 0 Å². The van der Waals surface area contributed by atoms with Gasteiger partial charge in [-0.3, -0.25) is 0 Å². The van der Waals surface area contributed by atoms with Crippen LogP contribution >= 0.6 is 0 Å². The van der Waals surface area contributed by atoms with Crippen molar-refractivity contribution in [1.82, 2.24) is 19.9 Å². The highest BCUT2D eigenvalue weighted by molar-refractivity contribution is 6.25. The Bertz CT molecular complexity index is 3880. The van der Waals surface area contributed by atoms with Crippen molar-refractivity contribution in [3.8, 4) is 45.6 Å². The third kappa shape index (κ3) is 4.95. The van der Waals surface area contributed by atoms with E-state index in [0.29, 0.717) is 28.9 Å². The van der Waals surface area contributed by atoms with Crippen molar-refractivity contribution < 1.29 is 13.3 Å². The van der Waals surface area contributed by atoms with Crippen molar-refractivity contribution >= 4 is 87.3 Å². The lowest BCUT2D eigenvalue weighted by molar-refractivity contribution is 0.622. The fraction of sp³-hybridized carbons (Fsp3) is 0. The Morgan fingerprint density at radius 3 is 1.75 bits per heavy atom. The molecule has 13 aromatic rings. The van der Waals surface area contributed by atoms with Crippen LogP contribution in [0.25, 0.3) is 133 Å². The van der Waals surface area contributed by atoms with E-state index in [-0.39, 0.29) is 0 Å². The maximum absolute atomic E-state index is 6.65. The first-order valence-corrected chi connectivity index (χ1v) is 19.5. The zero-order valence-corrected chi connectivity index (χ0v) is 31.2. The van der Waals surface area contributed by atoms with Crippen LogP contribution in [0.5, 0.6) is 0 Å². The van der Waals surface area contributed by atoms with Gasteiger partial charge < -0.3 is 13.3 Å². The average molecular weight is 757 g/mol. The summed E-state index contributed by atoms with van der Waals surface area (Å²) >= 11 is 0. The molecular formula is C52H28N4O3. The Balaban J connectivity index is 1.03. The first-order chi connectivity index (χ1) is 29.2. The second-order valence-electron chi connectivity index (χ2n) is 15.0. The highest BCUT2D eigenvalue weighted by Crippen LogP contribution is 2.42. The van der Waals surface area contributed by atoms with Crippen LogP contribution in [-0.2, 0) is 0 Å². The van der Waals surface area contributed by atoms with Crippen molar-refractivity contribution in [1.29, 1.82) is 0 Å². The summed E-state index contributed by atoms with van der Waals surface area (Å²) in [7, 11) is 0. The highest BCUT2D eigenvalue weighted by atomic mass is 16.4. The van der Waals surface area contributed by atoms with E-state index in [9.17, 15) is 0 Å². The summed E-state index contributed by atoms with van der Waals surface area (Å²) in [6.07, 6.45) is 0. The summed E-state index contributed by atoms with van der Waals surface area (Å²) in [5, 5.41) is 10.5. The molecule has 0 radical (unpaired) electrons. The maximum atomic E-state index is 6.65. The van der Waals surface area contributed by atoms with Gasteiger partial charge in [-0.05, 0) is 86.9 Å². The molecule has 274 valence electrons. The summed E-state index contributed by atoms with van der Waals surface area (Å²) in [4.78, 5) is 20.5. The van der Waals surface area contributed by atoms with Crippen LogP contribution in [0.1, 0.15) is 0 Å². The molecule has 0 aliphatic carbocycles. The van der Waals surface area contributed by atoms with Gasteiger partial charge in [0.05, 0.1) is 10.9 Å². The fourth-order valence-corrected chi connectivity index (χ4v) is 8.65. The van der Waals surface area contributed by atoms with Crippen LogP contribution in [0, 0.1) is 0 Å². The number of aromatic nitrogens is 4. The van der Waals surface area contributed by atoms with Gasteiger partial charge in [0, 0.05) is 32.8 Å². The molecule has 4 heterocycles. The minimum atomic E-state index is 0.527. The molecule has 59 heavy (non-hydrogen) atoms. The Morgan fingerprint density at radius 1 is 0.322 bits per heavy atom. The summed E-state index contributed by atoms with van der Waals surface area (Å²) in [6.45, 7) is 0. The quantitative estimate of drug-likeness (QED) is 0.177. The van der Waals surface area contributed by atoms with Crippen molar-refractivity contribution in [2.45, 2.75) is 0 Å². The standard InChI is InChI=1S/C52H28N4O3/c1-3-10-32-26-34(19-16-29(32)8-1)49-54-50(56-51(55-49)39-14-7-13-38-37-12-5-6-15-42(37)58-47(38)39)35-20-18-31-22-24-43-45(40(31)28-35)46-44(57-43)25-23-41-48(46)59-52(53-41)36-21-17-30-9-2-4-11-33(30)27-36/h1-28H. The van der Waals surface area contributed by atoms with Gasteiger partial charge >= 0.3 is 0 Å². The molecule has 0 N–H and O–H groups in total. The molecule has 0 atom stereocenters. The number of oxazole rings is 1. The Hall–Kier alpha value is -8.16. The van der Waals surface area contributed by atoms with Gasteiger partial charge in [0.15, 0.2) is 23.1 Å². The third-order valence-electron chi connectivity index (χ3n) is 11.5. The number of nitrogens with zero attached hydrogens (tertiary/aromatic N) is 4. The molecule has 0 aliphatic heterocycles. The van der Waals surface area contributed by atoms with E-state index < -0.39 is 0 Å². The van der Waals surface area contributed by atoms with Gasteiger partial charge in [-0.1, -0.05) is 115 Å². The number of furan rings is 2. The Kier molecular flexibility index (Phi) is 6.60. The third-order valence-corrected chi connectivity index (χ3v) is 11.5. The van der Waals surface area contributed by atoms with Crippen LogP contribution in [0.4, 0.5) is 0 Å². The van der Waals surface area contributed by atoms with Crippen LogP contribution in [0.15, 0.2) is 183 Å². The van der Waals surface area contributed by atoms with E-state index in [1.165, 1.54) is 5.39 Å². The normalized spacial score (nSPS) is 12.1. The van der Waals surface area contributed by atoms with Crippen LogP contribution in [0.3, 0.4) is 0 Å². The smallest absolute Gasteiger partial charge is 0.227 e. The second-order valence-corrected chi connectivity index (χ2v) is 15.0. The molecule has 0 bridgehead atoms. The molecule has 9 aromatic carbocycles. The lowest BCUT2D eigenvalue weighted by atomic mass is 10.0. The molecule has 4 aromatic heterocycles. The predicted molar refractivity (Wildman–Crippen MR) is 236 cm³/mol. The van der Waals surface area contributed by atoms with Gasteiger partial charge in [0.2, 0.25) is 5.89 Å². The van der Waals surface area contributed by atoms with Gasteiger partial charge in [0.1, 0.15) is 27.8 Å². The molecule has 0 unspecified atom stereocenters. The largest absolute Gasteiger partial charge is 0.456 e. The topological polar surface area (TPSA) is 91.0 Å². The number of rotatable bonds is 4. The van der Waals surface area contributed by atoms with E-state index in [4.69, 9.17) is 33.2 Å². The molecule has 0 aliphatic rings. The number of benzene rings is 9. The molecule has 0 spiro atoms. The molecular weight excluding hydrogens is 729 g/mol. The zero-order valence-electron chi connectivity index (χ0n) is 31.2. The van der Waals surface area contributed by atoms with Crippen molar-refractivity contribution in [2.24, 2.45) is 0 Å². The molecule has 0 amide bonds. The van der Waals surface area contributed by atoms with Gasteiger partial charge in [0.25, 0.3) is 0 Å². The highest BCUT2D eigenvalue weighted by Gasteiger charge is 2.21. The molecule has 7 nitrogen and oxygen atoms in total. The molecule has 0 saturated carbocycles. The summed E-state index contributed by atoms with van der Waals surface area (Å²) in [5.74, 6) is 2.20. The van der Waals surface area contributed by atoms with Gasteiger partial charge in [-0.15, -0.1) is 0 Å². The maximum Gasteiger partial charge on any atom is 0.227 e. The van der Waals surface area contributed by atoms with Crippen LogP contribution < -0.4 is 0 Å². The van der Waals surface area contributed by atoms with E-state index >= 15 is 0 Å². The van der Waals surface area contributed by atoms with Crippen molar-refractivity contribution in [3.63, 3.8) is 0 Å². The molecule has 0 fully saturated rings. The summed E-state index contributed by atoms with van der Waals surface area (Å²) in [5.41, 5.74) is 7.92. The Morgan fingerprint density at radius 2 is 0.932 bits per heavy atom. The van der Waals surface area contributed by atoms with Crippen molar-refractivity contribution in [2.75, 3.05) is 0 Å². The SMILES string of the molecule is c1ccc2cc(-c3nc(-c4ccc5ccc6oc7ccc8nc(-c9ccc%10ccccc%10c9)oc8c7c6c5c4)nc(-c4cccc5c4oc4ccccc45)n3)ccc2c1.